The van der Waals surface area contributed by atoms with Crippen molar-refractivity contribution in [3.05, 3.63) is 12.2 Å². The summed E-state index contributed by atoms with van der Waals surface area (Å²) in [6, 6.07) is 0. The topological polar surface area (TPSA) is 74.6 Å². The highest BCUT2D eigenvalue weighted by Crippen LogP contribution is 2.66. The first-order valence-corrected chi connectivity index (χ1v) is 5.41. The van der Waals surface area contributed by atoms with E-state index in [1.807, 2.05) is 32.9 Å². The number of allylic oxidation sites excluding steroid dienone is 2. The zero-order valence-corrected chi connectivity index (χ0v) is 9.60. The SMILES string of the molecule is CC1C2(C)C=CC1(C)C(C(=O)O)C2C(=O)O. The predicted octanol–water partition coefficient (Wildman–Crippen LogP) is 1.62. The number of aliphatic carboxylic acids is 2. The lowest BCUT2D eigenvalue weighted by Gasteiger charge is -2.30. The molecule has 0 amide bonds. The van der Waals surface area contributed by atoms with Crippen molar-refractivity contribution in [2.24, 2.45) is 28.6 Å². The van der Waals surface area contributed by atoms with Crippen LogP contribution in [0.15, 0.2) is 12.2 Å². The molecule has 2 N–H and O–H groups in total. The highest BCUT2D eigenvalue weighted by molar-refractivity contribution is 5.84. The quantitative estimate of drug-likeness (QED) is 0.699. The van der Waals surface area contributed by atoms with Crippen molar-refractivity contribution in [2.75, 3.05) is 0 Å². The maximum Gasteiger partial charge on any atom is 0.308 e. The number of hydrogen-bond donors (Lipinski definition) is 2. The standard InChI is InChI=1S/C12H16O4/c1-6-11(2)4-5-12(6,3)8(10(15)16)7(11)9(13)14/h4-8H,1-3H3,(H,13,14)(H,15,16). The Labute approximate surface area is 94.0 Å². The van der Waals surface area contributed by atoms with Crippen molar-refractivity contribution < 1.29 is 19.8 Å². The van der Waals surface area contributed by atoms with Crippen LogP contribution in [-0.4, -0.2) is 22.2 Å². The third kappa shape index (κ3) is 0.996. The molecule has 0 saturated heterocycles. The highest BCUT2D eigenvalue weighted by Gasteiger charge is 2.68. The molecule has 1 fully saturated rings. The van der Waals surface area contributed by atoms with Gasteiger partial charge in [-0.25, -0.2) is 0 Å². The Morgan fingerprint density at radius 1 is 1.00 bits per heavy atom. The summed E-state index contributed by atoms with van der Waals surface area (Å²) < 4.78 is 0. The molecule has 2 aliphatic rings. The molecule has 0 aliphatic heterocycles. The fourth-order valence-corrected chi connectivity index (χ4v) is 3.60. The van der Waals surface area contributed by atoms with Crippen LogP contribution in [0.25, 0.3) is 0 Å². The minimum Gasteiger partial charge on any atom is -0.481 e. The largest absolute Gasteiger partial charge is 0.481 e. The third-order valence-corrected chi connectivity index (χ3v) is 4.87. The van der Waals surface area contributed by atoms with Crippen molar-refractivity contribution in [3.63, 3.8) is 0 Å². The van der Waals surface area contributed by atoms with E-state index < -0.39 is 34.6 Å². The molecule has 0 radical (unpaired) electrons. The predicted molar refractivity (Wildman–Crippen MR) is 56.8 cm³/mol. The molecule has 4 unspecified atom stereocenters. The molecule has 0 aromatic rings. The Morgan fingerprint density at radius 2 is 1.31 bits per heavy atom. The maximum absolute atomic E-state index is 11.3. The van der Waals surface area contributed by atoms with Gasteiger partial charge in [-0.1, -0.05) is 32.9 Å². The first kappa shape index (κ1) is 11.2. The molecule has 16 heavy (non-hydrogen) atoms. The lowest BCUT2D eigenvalue weighted by Crippen LogP contribution is -2.39. The molecule has 2 bridgehead atoms. The van der Waals surface area contributed by atoms with Crippen molar-refractivity contribution in [1.82, 2.24) is 0 Å². The van der Waals surface area contributed by atoms with Crippen LogP contribution in [0.1, 0.15) is 20.8 Å². The molecule has 0 heterocycles. The zero-order chi connectivity index (χ0) is 12.3. The van der Waals surface area contributed by atoms with Gasteiger partial charge < -0.3 is 10.2 Å². The highest BCUT2D eigenvalue weighted by atomic mass is 16.4. The van der Waals surface area contributed by atoms with Gasteiger partial charge in [-0.3, -0.25) is 9.59 Å². The Bertz CT molecular complexity index is 364. The molecule has 0 aromatic heterocycles. The number of carboxylic acid groups (broad SMARTS) is 2. The van der Waals surface area contributed by atoms with Gasteiger partial charge >= 0.3 is 11.9 Å². The zero-order valence-electron chi connectivity index (χ0n) is 9.60. The fraction of sp³-hybridized carbons (Fsp3) is 0.667. The average Bonchev–Trinajstić information content (AvgIpc) is 2.49. The Morgan fingerprint density at radius 3 is 1.56 bits per heavy atom. The van der Waals surface area contributed by atoms with E-state index in [-0.39, 0.29) is 5.92 Å². The number of carboxylic acids is 2. The van der Waals surface area contributed by atoms with E-state index in [1.165, 1.54) is 0 Å². The van der Waals surface area contributed by atoms with Crippen LogP contribution < -0.4 is 0 Å². The van der Waals surface area contributed by atoms with Crippen molar-refractivity contribution >= 4 is 11.9 Å². The van der Waals surface area contributed by atoms with Crippen LogP contribution in [-0.2, 0) is 9.59 Å². The van der Waals surface area contributed by atoms with Gasteiger partial charge in [-0.2, -0.15) is 0 Å². The van der Waals surface area contributed by atoms with Crippen LogP contribution in [0, 0.1) is 28.6 Å². The van der Waals surface area contributed by atoms with Gasteiger partial charge in [0.1, 0.15) is 0 Å². The smallest absolute Gasteiger partial charge is 0.308 e. The molecule has 2 aliphatic carbocycles. The number of rotatable bonds is 2. The van der Waals surface area contributed by atoms with E-state index in [2.05, 4.69) is 0 Å². The molecule has 0 aromatic carbocycles. The van der Waals surface area contributed by atoms with Gasteiger partial charge in [-0.05, 0) is 5.92 Å². The van der Waals surface area contributed by atoms with E-state index in [9.17, 15) is 19.8 Å². The average molecular weight is 224 g/mol. The Hall–Kier alpha value is -1.32. The van der Waals surface area contributed by atoms with Gasteiger partial charge in [-0.15, -0.1) is 0 Å². The second-order valence-electron chi connectivity index (χ2n) is 5.42. The van der Waals surface area contributed by atoms with Crippen molar-refractivity contribution in [2.45, 2.75) is 20.8 Å². The molecule has 88 valence electrons. The third-order valence-electron chi connectivity index (χ3n) is 4.87. The van der Waals surface area contributed by atoms with Gasteiger partial charge in [0.05, 0.1) is 11.8 Å². The van der Waals surface area contributed by atoms with Crippen LogP contribution in [0.2, 0.25) is 0 Å². The lowest BCUT2D eigenvalue weighted by atomic mass is 9.72. The summed E-state index contributed by atoms with van der Waals surface area (Å²) in [5.41, 5.74) is -1.08. The summed E-state index contributed by atoms with van der Waals surface area (Å²) in [4.78, 5) is 22.6. The van der Waals surface area contributed by atoms with Crippen LogP contribution >= 0.6 is 0 Å². The summed E-state index contributed by atoms with van der Waals surface area (Å²) in [5, 5.41) is 18.5. The minimum absolute atomic E-state index is 0.0437. The van der Waals surface area contributed by atoms with E-state index in [1.54, 1.807) is 0 Å². The lowest BCUT2D eigenvalue weighted by molar-refractivity contribution is -0.157. The van der Waals surface area contributed by atoms with Gasteiger partial charge in [0.25, 0.3) is 0 Å². The summed E-state index contributed by atoms with van der Waals surface area (Å²) >= 11 is 0. The van der Waals surface area contributed by atoms with Crippen LogP contribution in [0.3, 0.4) is 0 Å². The minimum atomic E-state index is -1.00. The van der Waals surface area contributed by atoms with Crippen LogP contribution in [0.4, 0.5) is 0 Å². The summed E-state index contributed by atoms with van der Waals surface area (Å²) in [6.07, 6.45) is 3.77. The summed E-state index contributed by atoms with van der Waals surface area (Å²) in [5.74, 6) is -3.61. The molecule has 0 spiro atoms. The van der Waals surface area contributed by atoms with Crippen molar-refractivity contribution in [1.29, 1.82) is 0 Å². The van der Waals surface area contributed by atoms with Gasteiger partial charge in [0.2, 0.25) is 0 Å². The number of fused-ring (bicyclic) bond motifs is 2. The molecule has 4 nitrogen and oxygen atoms in total. The second kappa shape index (κ2) is 2.87. The summed E-state index contributed by atoms with van der Waals surface area (Å²) in [7, 11) is 0. The fourth-order valence-electron chi connectivity index (χ4n) is 3.60. The Kier molecular flexibility index (Phi) is 2.00. The first-order valence-electron chi connectivity index (χ1n) is 5.41. The normalized spacial score (nSPS) is 49.6. The van der Waals surface area contributed by atoms with E-state index >= 15 is 0 Å². The van der Waals surface area contributed by atoms with Gasteiger partial charge in [0, 0.05) is 10.8 Å². The van der Waals surface area contributed by atoms with E-state index in [0.29, 0.717) is 0 Å². The monoisotopic (exact) mass is 224 g/mol. The maximum atomic E-state index is 11.3. The molecule has 2 rings (SSSR count). The number of carbonyl (C=O) groups is 2. The Balaban J connectivity index is 2.58. The first-order chi connectivity index (χ1) is 7.25. The van der Waals surface area contributed by atoms with Crippen LogP contribution in [0.5, 0.6) is 0 Å². The van der Waals surface area contributed by atoms with E-state index in [0.717, 1.165) is 0 Å². The molecular weight excluding hydrogens is 208 g/mol. The number of hydrogen-bond acceptors (Lipinski definition) is 2. The molecule has 4 heteroatoms. The van der Waals surface area contributed by atoms with Gasteiger partial charge in [0.15, 0.2) is 0 Å². The second-order valence-corrected chi connectivity index (χ2v) is 5.42. The van der Waals surface area contributed by atoms with Crippen molar-refractivity contribution in [3.8, 4) is 0 Å². The molecule has 4 atom stereocenters. The molecule has 1 saturated carbocycles. The molecular formula is C12H16O4. The summed E-state index contributed by atoms with van der Waals surface area (Å²) in [6.45, 7) is 5.64. The van der Waals surface area contributed by atoms with E-state index in [4.69, 9.17) is 0 Å².